The fourth-order valence-corrected chi connectivity index (χ4v) is 2.11. The van der Waals surface area contributed by atoms with Crippen LogP contribution < -0.4 is 5.32 Å². The minimum atomic E-state index is -1.01. The van der Waals surface area contributed by atoms with E-state index in [1.807, 2.05) is 19.1 Å². The van der Waals surface area contributed by atoms with Gasteiger partial charge < -0.3 is 10.1 Å². The van der Waals surface area contributed by atoms with Gasteiger partial charge in [0.2, 0.25) is 0 Å². The number of para-hydroxylation sites is 1. The Hall–Kier alpha value is -2.11. The molecule has 0 fully saturated rings. The van der Waals surface area contributed by atoms with E-state index in [4.69, 9.17) is 27.9 Å². The van der Waals surface area contributed by atoms with Crippen LogP contribution in [0, 0.1) is 6.92 Å². The predicted molar refractivity (Wildman–Crippen MR) is 88.9 cm³/mol. The fourth-order valence-electron chi connectivity index (χ4n) is 1.78. The van der Waals surface area contributed by atoms with Crippen molar-refractivity contribution in [3.05, 3.63) is 57.8 Å². The number of pyridine rings is 1. The quantitative estimate of drug-likeness (QED) is 0.669. The molecule has 1 unspecified atom stereocenters. The zero-order chi connectivity index (χ0) is 17.0. The van der Waals surface area contributed by atoms with Crippen LogP contribution in [0.5, 0.6) is 0 Å². The van der Waals surface area contributed by atoms with Crippen molar-refractivity contribution < 1.29 is 14.3 Å². The molecule has 0 aliphatic carbocycles. The van der Waals surface area contributed by atoms with Gasteiger partial charge in [0.1, 0.15) is 5.15 Å². The zero-order valence-electron chi connectivity index (χ0n) is 12.5. The van der Waals surface area contributed by atoms with Gasteiger partial charge >= 0.3 is 5.97 Å². The van der Waals surface area contributed by atoms with Crippen molar-refractivity contribution in [2.24, 2.45) is 0 Å². The molecule has 0 spiro atoms. The van der Waals surface area contributed by atoms with E-state index in [1.54, 1.807) is 12.1 Å². The molecule has 0 saturated heterocycles. The number of benzene rings is 1. The summed E-state index contributed by atoms with van der Waals surface area (Å²) >= 11 is 11.6. The minimum Gasteiger partial charge on any atom is -0.448 e. The van der Waals surface area contributed by atoms with Crippen LogP contribution in [0.4, 0.5) is 5.69 Å². The summed E-state index contributed by atoms with van der Waals surface area (Å²) in [6, 6.07) is 10.2. The number of aromatic nitrogens is 1. The first-order valence-electron chi connectivity index (χ1n) is 6.78. The third-order valence-corrected chi connectivity index (χ3v) is 3.58. The van der Waals surface area contributed by atoms with E-state index in [0.717, 1.165) is 5.56 Å². The van der Waals surface area contributed by atoms with E-state index in [1.165, 1.54) is 19.1 Å². The molecular formula is C16H14Cl2N2O3. The van der Waals surface area contributed by atoms with Crippen molar-refractivity contribution in [2.45, 2.75) is 20.0 Å². The number of anilines is 1. The third kappa shape index (κ3) is 4.43. The van der Waals surface area contributed by atoms with Crippen LogP contribution in [0.3, 0.4) is 0 Å². The van der Waals surface area contributed by atoms with Gasteiger partial charge in [-0.25, -0.2) is 9.78 Å². The van der Waals surface area contributed by atoms with Gasteiger partial charge in [0.05, 0.1) is 5.02 Å². The Morgan fingerprint density at radius 3 is 2.57 bits per heavy atom. The van der Waals surface area contributed by atoms with Gasteiger partial charge in [0.15, 0.2) is 11.8 Å². The number of hydrogen-bond acceptors (Lipinski definition) is 4. The van der Waals surface area contributed by atoms with Gasteiger partial charge in [-0.3, -0.25) is 4.79 Å². The maximum Gasteiger partial charge on any atom is 0.359 e. The van der Waals surface area contributed by atoms with Crippen molar-refractivity contribution in [1.29, 1.82) is 0 Å². The normalized spacial score (nSPS) is 11.7. The lowest BCUT2D eigenvalue weighted by Gasteiger charge is -2.14. The van der Waals surface area contributed by atoms with E-state index in [-0.39, 0.29) is 15.9 Å². The van der Waals surface area contributed by atoms with E-state index in [2.05, 4.69) is 10.3 Å². The van der Waals surface area contributed by atoms with Crippen LogP contribution in [0.2, 0.25) is 10.2 Å². The standard InChI is InChI=1S/C16H14Cl2N2O3/c1-9-5-3-4-6-12(9)19-15(21)10(2)23-16(22)14-11(17)7-8-13(18)20-14/h3-8,10H,1-2H3,(H,19,21). The largest absolute Gasteiger partial charge is 0.448 e. The summed E-state index contributed by atoms with van der Waals surface area (Å²) in [5.74, 6) is -1.27. The highest BCUT2D eigenvalue weighted by Crippen LogP contribution is 2.19. The zero-order valence-corrected chi connectivity index (χ0v) is 14.0. The maximum absolute atomic E-state index is 12.1. The number of rotatable bonds is 4. The average Bonchev–Trinajstić information content (AvgIpc) is 2.51. The first-order chi connectivity index (χ1) is 10.9. The molecule has 2 rings (SSSR count). The summed E-state index contributed by atoms with van der Waals surface area (Å²) in [7, 11) is 0. The van der Waals surface area contributed by atoms with Crippen LogP contribution in [0.25, 0.3) is 0 Å². The second-order valence-electron chi connectivity index (χ2n) is 4.82. The highest BCUT2D eigenvalue weighted by molar-refractivity contribution is 6.34. The molecule has 0 aliphatic rings. The lowest BCUT2D eigenvalue weighted by Crippen LogP contribution is -2.30. The fraction of sp³-hybridized carbons (Fsp3) is 0.188. The van der Waals surface area contributed by atoms with Crippen molar-refractivity contribution in [2.75, 3.05) is 5.32 Å². The molecule has 23 heavy (non-hydrogen) atoms. The predicted octanol–water partition coefficient (Wildman–Crippen LogP) is 3.88. The number of nitrogens with one attached hydrogen (secondary N) is 1. The van der Waals surface area contributed by atoms with E-state index >= 15 is 0 Å². The lowest BCUT2D eigenvalue weighted by molar-refractivity contribution is -0.123. The second-order valence-corrected chi connectivity index (χ2v) is 5.61. The van der Waals surface area contributed by atoms with E-state index in [9.17, 15) is 9.59 Å². The van der Waals surface area contributed by atoms with Crippen molar-refractivity contribution >= 4 is 40.8 Å². The van der Waals surface area contributed by atoms with Crippen LogP contribution >= 0.6 is 23.2 Å². The van der Waals surface area contributed by atoms with Gasteiger partial charge in [-0.15, -0.1) is 0 Å². The molecule has 0 radical (unpaired) electrons. The Bertz CT molecular complexity index is 750. The first kappa shape index (κ1) is 17.2. The van der Waals surface area contributed by atoms with Crippen molar-refractivity contribution in [3.63, 3.8) is 0 Å². The Labute approximate surface area is 143 Å². The summed E-state index contributed by atoms with van der Waals surface area (Å²) in [4.78, 5) is 28.0. The van der Waals surface area contributed by atoms with Crippen molar-refractivity contribution in [3.8, 4) is 0 Å². The molecule has 0 aliphatic heterocycles. The number of nitrogens with zero attached hydrogens (tertiary/aromatic N) is 1. The van der Waals surface area contributed by atoms with Gasteiger partial charge in [-0.1, -0.05) is 41.4 Å². The van der Waals surface area contributed by atoms with Crippen LogP contribution in [-0.4, -0.2) is 23.0 Å². The van der Waals surface area contributed by atoms with Gasteiger partial charge in [-0.2, -0.15) is 0 Å². The first-order valence-corrected chi connectivity index (χ1v) is 7.53. The Morgan fingerprint density at radius 1 is 1.17 bits per heavy atom. The molecule has 1 aromatic heterocycles. The molecule has 0 bridgehead atoms. The van der Waals surface area contributed by atoms with E-state index in [0.29, 0.717) is 5.69 Å². The van der Waals surface area contributed by atoms with Crippen molar-refractivity contribution in [1.82, 2.24) is 4.98 Å². The summed E-state index contributed by atoms with van der Waals surface area (Å²) in [5, 5.41) is 2.91. The third-order valence-electron chi connectivity index (χ3n) is 3.06. The number of aryl methyl sites for hydroxylation is 1. The second kappa shape index (κ2) is 7.44. The molecule has 1 amide bonds. The number of ether oxygens (including phenoxy) is 1. The molecule has 0 saturated carbocycles. The SMILES string of the molecule is Cc1ccccc1NC(=O)C(C)OC(=O)c1nc(Cl)ccc1Cl. The Balaban J connectivity index is 2.05. The van der Waals surface area contributed by atoms with Crippen LogP contribution in [0.15, 0.2) is 36.4 Å². The number of amides is 1. The highest BCUT2D eigenvalue weighted by Gasteiger charge is 2.22. The number of carbonyl (C=O) groups is 2. The number of carbonyl (C=O) groups excluding carboxylic acids is 2. The molecule has 5 nitrogen and oxygen atoms in total. The van der Waals surface area contributed by atoms with Gasteiger partial charge in [-0.05, 0) is 37.6 Å². The molecule has 2 aromatic rings. The van der Waals surface area contributed by atoms with Gasteiger partial charge in [0.25, 0.3) is 5.91 Å². The van der Waals surface area contributed by atoms with E-state index < -0.39 is 18.0 Å². The highest BCUT2D eigenvalue weighted by atomic mass is 35.5. The molecule has 1 aromatic carbocycles. The summed E-state index contributed by atoms with van der Waals surface area (Å²) < 4.78 is 5.09. The van der Waals surface area contributed by atoms with Gasteiger partial charge in [0, 0.05) is 5.69 Å². The lowest BCUT2D eigenvalue weighted by atomic mass is 10.2. The monoisotopic (exact) mass is 352 g/mol. The smallest absolute Gasteiger partial charge is 0.359 e. The summed E-state index contributed by atoms with van der Waals surface area (Å²) in [6.45, 7) is 3.33. The maximum atomic E-state index is 12.1. The molecule has 1 heterocycles. The summed E-state index contributed by atoms with van der Waals surface area (Å²) in [5.41, 5.74) is 1.42. The topological polar surface area (TPSA) is 68.3 Å². The minimum absolute atomic E-state index is 0.103. The number of hydrogen-bond donors (Lipinski definition) is 1. The Kier molecular flexibility index (Phi) is 5.58. The average molecular weight is 353 g/mol. The number of esters is 1. The molecule has 120 valence electrons. The molecule has 1 atom stereocenters. The van der Waals surface area contributed by atoms with Crippen LogP contribution in [0.1, 0.15) is 23.0 Å². The molecular weight excluding hydrogens is 339 g/mol. The molecule has 7 heteroatoms. The van der Waals surface area contributed by atoms with Crippen LogP contribution in [-0.2, 0) is 9.53 Å². The Morgan fingerprint density at radius 2 is 1.87 bits per heavy atom. The number of halogens is 2. The summed E-state index contributed by atoms with van der Waals surface area (Å²) in [6.07, 6.45) is -1.01. The molecule has 1 N–H and O–H groups in total.